The molecule has 4 heteroatoms. The van der Waals surface area contributed by atoms with E-state index >= 15 is 0 Å². The lowest BCUT2D eigenvalue weighted by Gasteiger charge is -2.36. The fourth-order valence-corrected chi connectivity index (χ4v) is 12.5. The van der Waals surface area contributed by atoms with Crippen LogP contribution in [0.5, 0.6) is 0 Å². The van der Waals surface area contributed by atoms with Gasteiger partial charge in [0.2, 0.25) is 0 Å². The Labute approximate surface area is 280 Å². The van der Waals surface area contributed by atoms with Gasteiger partial charge in [0.25, 0.3) is 0 Å². The minimum atomic E-state index is -2.99. The van der Waals surface area contributed by atoms with Crippen molar-refractivity contribution in [1.29, 1.82) is 10.5 Å². The highest BCUT2D eigenvalue weighted by atomic mass is 28.3. The van der Waals surface area contributed by atoms with Crippen LogP contribution in [0.25, 0.3) is 38.6 Å². The summed E-state index contributed by atoms with van der Waals surface area (Å²) in [5, 5.41) is 28.3. The van der Waals surface area contributed by atoms with Gasteiger partial charge in [-0.3, -0.25) is 0 Å². The Morgan fingerprint density at radius 3 is 1.42 bits per heavy atom. The van der Waals surface area contributed by atoms with E-state index in [9.17, 15) is 10.5 Å². The molecule has 0 fully saturated rings. The first kappa shape index (κ1) is 29.0. The molecule has 0 aliphatic rings. The monoisotopic (exact) mass is 627 g/mol. The van der Waals surface area contributed by atoms with Gasteiger partial charge in [-0.15, -0.1) is 0 Å². The Kier molecular flexibility index (Phi) is 7.27. The van der Waals surface area contributed by atoms with Crippen LogP contribution in [0.3, 0.4) is 0 Å². The van der Waals surface area contributed by atoms with E-state index in [0.29, 0.717) is 11.1 Å². The minimum Gasteiger partial charge on any atom is -0.308 e. The van der Waals surface area contributed by atoms with E-state index in [0.717, 1.165) is 43.8 Å². The highest BCUT2D eigenvalue weighted by Crippen LogP contribution is 2.35. The van der Waals surface area contributed by atoms with E-state index in [1.165, 1.54) is 15.6 Å². The molecule has 3 nitrogen and oxygen atoms in total. The van der Waals surface area contributed by atoms with E-state index in [-0.39, 0.29) is 0 Å². The summed E-state index contributed by atoms with van der Waals surface area (Å²) in [5.41, 5.74) is 5.82. The third-order valence-electron chi connectivity index (χ3n) is 9.44. The van der Waals surface area contributed by atoms with Gasteiger partial charge in [-0.2, -0.15) is 10.5 Å². The summed E-state index contributed by atoms with van der Waals surface area (Å²) < 4.78 is 2.19. The molecule has 224 valence electrons. The van der Waals surface area contributed by atoms with Crippen LogP contribution in [0.2, 0.25) is 0 Å². The van der Waals surface area contributed by atoms with Crippen LogP contribution in [0.4, 0.5) is 0 Å². The van der Waals surface area contributed by atoms with Crippen LogP contribution in [0.15, 0.2) is 176 Å². The Balaban J connectivity index is 1.50. The molecule has 0 unspecified atom stereocenters. The number of hydrogen-bond donors (Lipinski definition) is 0. The van der Waals surface area contributed by atoms with Crippen molar-refractivity contribution in [1.82, 2.24) is 4.57 Å². The molecule has 48 heavy (non-hydrogen) atoms. The number of fused-ring (bicyclic) bond motifs is 3. The second-order valence-corrected chi connectivity index (χ2v) is 15.7. The Hall–Kier alpha value is -6.46. The topological polar surface area (TPSA) is 52.5 Å². The summed E-state index contributed by atoms with van der Waals surface area (Å²) in [6.07, 6.45) is 0. The third-order valence-corrected chi connectivity index (χ3v) is 14.3. The van der Waals surface area contributed by atoms with Crippen molar-refractivity contribution in [3.05, 3.63) is 187 Å². The predicted molar refractivity (Wildman–Crippen MR) is 199 cm³/mol. The summed E-state index contributed by atoms with van der Waals surface area (Å²) in [6, 6.07) is 66.1. The molecule has 0 spiro atoms. The lowest BCUT2D eigenvalue weighted by Crippen LogP contribution is -2.75. The fraction of sp³-hybridized carbons (Fsp3) is 0. The average molecular weight is 628 g/mol. The maximum Gasteiger partial charge on any atom is 0.180 e. The number of rotatable bonds is 6. The zero-order valence-electron chi connectivity index (χ0n) is 26.1. The maximum atomic E-state index is 10.7. The van der Waals surface area contributed by atoms with E-state index in [4.69, 9.17) is 0 Å². The van der Waals surface area contributed by atoms with Crippen molar-refractivity contribution in [2.24, 2.45) is 0 Å². The standard InChI is InChI=1S/C44H29N3Si/c45-30-33-28-27-32(29-42(33)47-40-24-12-10-22-38(40)39-23-11-13-25-41(39)47)44-34(31-46)15-14-26-43(44)48(35-16-4-1-5-17-35,36-18-6-2-7-19-36)37-20-8-3-9-21-37/h1-29H. The van der Waals surface area contributed by atoms with Crippen LogP contribution in [-0.2, 0) is 0 Å². The van der Waals surface area contributed by atoms with Gasteiger partial charge in [-0.25, -0.2) is 0 Å². The SMILES string of the molecule is N#Cc1ccc(-c2c(C#N)cccc2[Si](c2ccccc2)(c2ccccc2)c2ccccc2)cc1-n1c2ccccc2c2ccccc21. The Bertz CT molecular complexity index is 2370. The molecule has 0 aliphatic heterocycles. The number of hydrogen-bond acceptors (Lipinski definition) is 2. The minimum absolute atomic E-state index is 0.568. The van der Waals surface area contributed by atoms with Crippen molar-refractivity contribution in [2.45, 2.75) is 0 Å². The van der Waals surface area contributed by atoms with E-state index in [1.807, 2.05) is 36.4 Å². The third kappa shape index (κ3) is 4.48. The van der Waals surface area contributed by atoms with Gasteiger partial charge in [0.05, 0.1) is 33.9 Å². The molecule has 0 aliphatic carbocycles. The Morgan fingerprint density at radius 1 is 0.438 bits per heavy atom. The van der Waals surface area contributed by atoms with Crippen LogP contribution in [-0.4, -0.2) is 12.6 Å². The van der Waals surface area contributed by atoms with E-state index in [2.05, 4.69) is 156 Å². The molecule has 8 aromatic rings. The molecular formula is C44H29N3Si. The van der Waals surface area contributed by atoms with Crippen LogP contribution < -0.4 is 20.7 Å². The van der Waals surface area contributed by atoms with Gasteiger partial charge in [0.1, 0.15) is 6.07 Å². The average Bonchev–Trinajstić information content (AvgIpc) is 3.50. The van der Waals surface area contributed by atoms with Gasteiger partial charge in [0.15, 0.2) is 8.07 Å². The molecule has 0 bridgehead atoms. The van der Waals surface area contributed by atoms with Gasteiger partial charge in [-0.05, 0) is 62.2 Å². The smallest absolute Gasteiger partial charge is 0.180 e. The number of nitriles is 2. The quantitative estimate of drug-likeness (QED) is 0.141. The predicted octanol–water partition coefficient (Wildman–Crippen LogP) is 7.57. The Morgan fingerprint density at radius 2 is 0.917 bits per heavy atom. The zero-order valence-corrected chi connectivity index (χ0v) is 27.1. The van der Waals surface area contributed by atoms with Gasteiger partial charge >= 0.3 is 0 Å². The number of aromatic nitrogens is 1. The summed E-state index contributed by atoms with van der Waals surface area (Å²) in [5.74, 6) is 0. The molecule has 0 atom stereocenters. The molecule has 0 saturated carbocycles. The first-order valence-corrected chi connectivity index (χ1v) is 18.0. The van der Waals surface area contributed by atoms with Gasteiger partial charge in [0, 0.05) is 10.8 Å². The van der Waals surface area contributed by atoms with Crippen LogP contribution in [0, 0.1) is 22.7 Å². The molecule has 0 N–H and O–H groups in total. The van der Waals surface area contributed by atoms with Crippen molar-refractivity contribution >= 4 is 50.6 Å². The van der Waals surface area contributed by atoms with Crippen molar-refractivity contribution < 1.29 is 0 Å². The van der Waals surface area contributed by atoms with E-state index < -0.39 is 8.07 Å². The highest BCUT2D eigenvalue weighted by Gasteiger charge is 2.43. The summed E-state index contributed by atoms with van der Waals surface area (Å²) in [4.78, 5) is 0. The molecular weight excluding hydrogens is 599 g/mol. The number of benzene rings is 7. The number of para-hydroxylation sites is 2. The summed E-state index contributed by atoms with van der Waals surface area (Å²) >= 11 is 0. The van der Waals surface area contributed by atoms with Crippen molar-refractivity contribution in [3.63, 3.8) is 0 Å². The molecule has 7 aromatic carbocycles. The molecule has 1 heterocycles. The van der Waals surface area contributed by atoms with Crippen LogP contribution in [0.1, 0.15) is 11.1 Å². The molecule has 8 rings (SSSR count). The largest absolute Gasteiger partial charge is 0.308 e. The van der Waals surface area contributed by atoms with Crippen molar-refractivity contribution in [3.8, 4) is 29.0 Å². The molecule has 0 radical (unpaired) electrons. The molecule has 0 amide bonds. The first-order chi connectivity index (χ1) is 23.8. The lowest BCUT2D eigenvalue weighted by atomic mass is 9.98. The van der Waals surface area contributed by atoms with Gasteiger partial charge in [-0.1, -0.05) is 146 Å². The fourth-order valence-electron chi connectivity index (χ4n) is 7.45. The second-order valence-electron chi connectivity index (χ2n) is 11.9. The maximum absolute atomic E-state index is 10.7. The number of nitrogens with zero attached hydrogens (tertiary/aromatic N) is 3. The zero-order chi connectivity index (χ0) is 32.5. The second kappa shape index (κ2) is 12.0. The highest BCUT2D eigenvalue weighted by molar-refractivity contribution is 7.20. The molecule has 1 aromatic heterocycles. The summed E-state index contributed by atoms with van der Waals surface area (Å²) in [6.45, 7) is 0. The first-order valence-electron chi connectivity index (χ1n) is 16.0. The lowest BCUT2D eigenvalue weighted by molar-refractivity contribution is 1.17. The van der Waals surface area contributed by atoms with E-state index in [1.54, 1.807) is 0 Å². The van der Waals surface area contributed by atoms with Crippen LogP contribution >= 0.6 is 0 Å². The van der Waals surface area contributed by atoms with Gasteiger partial charge < -0.3 is 4.57 Å². The summed E-state index contributed by atoms with van der Waals surface area (Å²) in [7, 11) is -2.99. The normalized spacial score (nSPS) is 11.3. The van der Waals surface area contributed by atoms with Crippen molar-refractivity contribution in [2.75, 3.05) is 0 Å². The molecule has 0 saturated heterocycles.